The molecule has 2 rings (SSSR count). The second-order valence-corrected chi connectivity index (χ2v) is 8.99. The van der Waals surface area contributed by atoms with Crippen molar-refractivity contribution in [3.63, 3.8) is 0 Å². The Morgan fingerprint density at radius 1 is 1.11 bits per heavy atom. The van der Waals surface area contributed by atoms with E-state index in [2.05, 4.69) is 23.5 Å². The van der Waals surface area contributed by atoms with E-state index in [-0.39, 0.29) is 21.1 Å². The van der Waals surface area contributed by atoms with Crippen molar-refractivity contribution in [2.24, 2.45) is 0 Å². The molecular formula is C6H10S2Sn. The van der Waals surface area contributed by atoms with Gasteiger partial charge in [-0.05, 0) is 0 Å². The molecule has 50 valence electrons. The molecule has 2 heterocycles. The summed E-state index contributed by atoms with van der Waals surface area (Å²) < 4.78 is 3.34. The molecule has 2 fully saturated rings. The second-order valence-electron chi connectivity index (χ2n) is 2.57. The third-order valence-corrected chi connectivity index (χ3v) is 9.64. The molecule has 2 aliphatic heterocycles. The Hall–Kier alpha value is 1.50. The molecule has 2 atom stereocenters. The fourth-order valence-electron chi connectivity index (χ4n) is 0.777. The predicted molar refractivity (Wildman–Crippen MR) is 47.9 cm³/mol. The summed E-state index contributed by atoms with van der Waals surface area (Å²) in [5.41, 5.74) is 0. The second kappa shape index (κ2) is 3.26. The molecule has 0 aromatic heterocycles. The van der Waals surface area contributed by atoms with Gasteiger partial charge in [0, 0.05) is 0 Å². The Morgan fingerprint density at radius 3 is 1.89 bits per heavy atom. The minimum atomic E-state index is 0.154. The number of hydrogen-bond donors (Lipinski definition) is 0. The van der Waals surface area contributed by atoms with E-state index in [0.717, 1.165) is 10.5 Å². The van der Waals surface area contributed by atoms with Crippen LogP contribution in [0.1, 0.15) is 0 Å². The maximum atomic E-state index is 2.18. The quantitative estimate of drug-likeness (QED) is 0.561. The molecule has 9 heavy (non-hydrogen) atoms. The van der Waals surface area contributed by atoms with Gasteiger partial charge >= 0.3 is 75.5 Å². The molecular weight excluding hydrogens is 255 g/mol. The van der Waals surface area contributed by atoms with Crippen molar-refractivity contribution in [3.8, 4) is 0 Å². The van der Waals surface area contributed by atoms with Gasteiger partial charge in [-0.2, -0.15) is 0 Å². The first kappa shape index (κ1) is 7.16. The molecule has 2 radical (unpaired) electrons. The summed E-state index contributed by atoms with van der Waals surface area (Å²) in [5.74, 6) is 3.00. The Kier molecular flexibility index (Phi) is 2.60. The summed E-state index contributed by atoms with van der Waals surface area (Å²) in [7, 11) is 0. The zero-order chi connectivity index (χ0) is 6.10. The van der Waals surface area contributed by atoms with Crippen LogP contribution < -0.4 is 0 Å². The van der Waals surface area contributed by atoms with Gasteiger partial charge < -0.3 is 0 Å². The number of rotatable bonds is 4. The molecule has 0 saturated carbocycles. The van der Waals surface area contributed by atoms with Crippen LogP contribution in [0.5, 0.6) is 0 Å². The monoisotopic (exact) mass is 266 g/mol. The van der Waals surface area contributed by atoms with Gasteiger partial charge in [-0.15, -0.1) is 0 Å². The topological polar surface area (TPSA) is 0 Å². The molecule has 0 aromatic carbocycles. The van der Waals surface area contributed by atoms with Gasteiger partial charge in [-0.25, -0.2) is 0 Å². The van der Waals surface area contributed by atoms with Gasteiger partial charge in [0.15, 0.2) is 0 Å². The van der Waals surface area contributed by atoms with Crippen LogP contribution in [0.25, 0.3) is 0 Å². The molecule has 0 spiro atoms. The Morgan fingerprint density at radius 2 is 1.56 bits per heavy atom. The van der Waals surface area contributed by atoms with Crippen LogP contribution in [0.3, 0.4) is 0 Å². The van der Waals surface area contributed by atoms with Gasteiger partial charge in [0.1, 0.15) is 0 Å². The summed E-state index contributed by atoms with van der Waals surface area (Å²) >= 11 is 4.51. The molecule has 0 N–H and O–H groups in total. The first-order chi connectivity index (χ1) is 4.45. The minimum absolute atomic E-state index is 0.154. The normalized spacial score (nSPS) is 38.7. The molecule has 2 unspecified atom stereocenters. The van der Waals surface area contributed by atoms with Gasteiger partial charge in [0.25, 0.3) is 0 Å². The van der Waals surface area contributed by atoms with Crippen molar-refractivity contribution >= 4 is 44.7 Å². The Labute approximate surface area is 75.1 Å². The molecule has 0 aliphatic carbocycles. The van der Waals surface area contributed by atoms with Crippen molar-refractivity contribution in [2.45, 2.75) is 19.4 Å². The maximum absolute atomic E-state index is 2.18. The summed E-state index contributed by atoms with van der Waals surface area (Å²) in [4.78, 5) is 0. The third kappa shape index (κ3) is 2.93. The fourth-order valence-corrected chi connectivity index (χ4v) is 9.45. The van der Waals surface area contributed by atoms with E-state index in [4.69, 9.17) is 0 Å². The zero-order valence-electron chi connectivity index (χ0n) is 5.30. The standard InChI is InChI=1S/2C3H5S.Sn/c2*1-3-2-4-3;/h2*3H,1-2H2;. The zero-order valence-corrected chi connectivity index (χ0v) is 9.79. The molecule has 2 saturated heterocycles. The van der Waals surface area contributed by atoms with Crippen LogP contribution in [0.4, 0.5) is 0 Å². The fraction of sp³-hybridized carbons (Fsp3) is 1.00. The van der Waals surface area contributed by atoms with Gasteiger partial charge in [-0.3, -0.25) is 0 Å². The third-order valence-electron chi connectivity index (χ3n) is 1.55. The number of thioether (sulfide) groups is 2. The van der Waals surface area contributed by atoms with Crippen molar-refractivity contribution < 1.29 is 0 Å². The van der Waals surface area contributed by atoms with Gasteiger partial charge in [-0.1, -0.05) is 0 Å². The Bertz CT molecular complexity index is 87.2. The SMILES string of the molecule is C1SC1[CH2][Sn][CH2]C1CS1. The van der Waals surface area contributed by atoms with E-state index >= 15 is 0 Å². The van der Waals surface area contributed by atoms with Crippen LogP contribution >= 0.6 is 23.5 Å². The van der Waals surface area contributed by atoms with Crippen LogP contribution in [0.15, 0.2) is 0 Å². The van der Waals surface area contributed by atoms with E-state index in [0.29, 0.717) is 0 Å². The molecule has 0 amide bonds. The van der Waals surface area contributed by atoms with E-state index in [9.17, 15) is 0 Å². The van der Waals surface area contributed by atoms with E-state index in [1.54, 1.807) is 8.87 Å². The molecule has 2 aliphatic rings. The summed E-state index contributed by atoms with van der Waals surface area (Å²) in [6.45, 7) is 0. The van der Waals surface area contributed by atoms with E-state index < -0.39 is 0 Å². The summed E-state index contributed by atoms with van der Waals surface area (Å²) in [6, 6.07) is 0. The first-order valence-electron chi connectivity index (χ1n) is 3.39. The van der Waals surface area contributed by atoms with Crippen LogP contribution in [-0.4, -0.2) is 43.1 Å². The summed E-state index contributed by atoms with van der Waals surface area (Å²) in [5, 5.41) is 2.31. The van der Waals surface area contributed by atoms with Crippen LogP contribution in [0.2, 0.25) is 8.87 Å². The number of hydrogen-bond acceptors (Lipinski definition) is 2. The van der Waals surface area contributed by atoms with Crippen molar-refractivity contribution in [1.29, 1.82) is 0 Å². The molecule has 0 aromatic rings. The predicted octanol–water partition coefficient (Wildman–Crippen LogP) is 1.76. The average molecular weight is 265 g/mol. The Balaban J connectivity index is 1.46. The van der Waals surface area contributed by atoms with Crippen LogP contribution in [-0.2, 0) is 0 Å². The van der Waals surface area contributed by atoms with Crippen LogP contribution in [0, 0.1) is 0 Å². The summed E-state index contributed by atoms with van der Waals surface area (Å²) in [6.07, 6.45) is 0. The van der Waals surface area contributed by atoms with Crippen molar-refractivity contribution in [2.75, 3.05) is 11.5 Å². The van der Waals surface area contributed by atoms with Gasteiger partial charge in [0.2, 0.25) is 0 Å². The van der Waals surface area contributed by atoms with E-state index in [1.807, 2.05) is 0 Å². The molecule has 0 nitrogen and oxygen atoms in total. The van der Waals surface area contributed by atoms with Crippen molar-refractivity contribution in [1.82, 2.24) is 0 Å². The van der Waals surface area contributed by atoms with Crippen molar-refractivity contribution in [3.05, 3.63) is 0 Å². The molecule has 0 bridgehead atoms. The molecule has 3 heteroatoms. The average Bonchev–Trinajstić information content (AvgIpc) is 2.57. The van der Waals surface area contributed by atoms with E-state index in [1.165, 1.54) is 11.5 Å². The van der Waals surface area contributed by atoms with Gasteiger partial charge in [0.05, 0.1) is 0 Å². The first-order valence-corrected chi connectivity index (χ1v) is 9.52.